The molecule has 1 aliphatic rings. The van der Waals surface area contributed by atoms with Crippen molar-refractivity contribution in [2.24, 2.45) is 11.7 Å². The van der Waals surface area contributed by atoms with Crippen molar-refractivity contribution in [2.45, 2.75) is 52.0 Å². The first kappa shape index (κ1) is 19.0. The molecule has 0 saturated carbocycles. The molecule has 4 heteroatoms. The zero-order chi connectivity index (χ0) is 15.2. The maximum absolute atomic E-state index is 12.5. The lowest BCUT2D eigenvalue weighted by atomic mass is 9.99. The number of likely N-dealkylation sites (tertiary alicyclic amines) is 1. The number of hydrogen-bond donors (Lipinski definition) is 1. The quantitative estimate of drug-likeness (QED) is 0.904. The number of piperidine rings is 1. The third-order valence-electron chi connectivity index (χ3n) is 4.24. The number of hydrogen-bond acceptors (Lipinski definition) is 2. The summed E-state index contributed by atoms with van der Waals surface area (Å²) in [4.78, 5) is 14.5. The number of carbonyl (C=O) groups is 1. The van der Waals surface area contributed by atoms with Crippen LogP contribution < -0.4 is 5.73 Å². The highest BCUT2D eigenvalue weighted by Gasteiger charge is 2.25. The van der Waals surface area contributed by atoms with Crippen molar-refractivity contribution < 1.29 is 4.79 Å². The van der Waals surface area contributed by atoms with Crippen LogP contribution in [0.2, 0.25) is 0 Å². The second kappa shape index (κ2) is 9.16. The molecule has 1 heterocycles. The first-order valence-electron chi connectivity index (χ1n) is 8.17. The highest BCUT2D eigenvalue weighted by atomic mass is 35.5. The molecule has 1 amide bonds. The lowest BCUT2D eigenvalue weighted by Crippen LogP contribution is -2.48. The minimum Gasteiger partial charge on any atom is -0.338 e. The standard InChI is InChI=1S/C18H28N2O.ClH/c1-14(2)11-15-6-8-16(9-7-15)12-18(21)20-10-4-3-5-17(20)13-19;/h6-9,14,17H,3-5,10-13,19H2,1-2H3;1H. The van der Waals surface area contributed by atoms with Gasteiger partial charge in [-0.05, 0) is 42.7 Å². The van der Waals surface area contributed by atoms with Gasteiger partial charge >= 0.3 is 0 Å². The van der Waals surface area contributed by atoms with Crippen molar-refractivity contribution in [1.82, 2.24) is 4.90 Å². The van der Waals surface area contributed by atoms with Gasteiger partial charge in [0.25, 0.3) is 0 Å². The van der Waals surface area contributed by atoms with Crippen molar-refractivity contribution in [3.05, 3.63) is 35.4 Å². The number of nitrogens with zero attached hydrogens (tertiary/aromatic N) is 1. The van der Waals surface area contributed by atoms with Crippen LogP contribution in [-0.2, 0) is 17.6 Å². The van der Waals surface area contributed by atoms with Gasteiger partial charge in [0.2, 0.25) is 5.91 Å². The molecule has 0 bridgehead atoms. The van der Waals surface area contributed by atoms with Crippen LogP contribution in [0.5, 0.6) is 0 Å². The predicted molar refractivity (Wildman–Crippen MR) is 94.3 cm³/mol. The zero-order valence-electron chi connectivity index (χ0n) is 13.8. The number of amides is 1. The number of nitrogens with two attached hydrogens (primary N) is 1. The Hall–Kier alpha value is -1.06. The van der Waals surface area contributed by atoms with E-state index in [1.54, 1.807) is 0 Å². The van der Waals surface area contributed by atoms with E-state index in [0.717, 1.165) is 31.4 Å². The van der Waals surface area contributed by atoms with Gasteiger partial charge in [0.05, 0.1) is 6.42 Å². The van der Waals surface area contributed by atoms with Gasteiger partial charge in [0.1, 0.15) is 0 Å². The lowest BCUT2D eigenvalue weighted by molar-refractivity contribution is -0.133. The molecule has 0 aliphatic carbocycles. The Morgan fingerprint density at radius 1 is 1.23 bits per heavy atom. The highest BCUT2D eigenvalue weighted by Crippen LogP contribution is 2.18. The first-order chi connectivity index (χ1) is 10.1. The molecule has 1 atom stereocenters. The van der Waals surface area contributed by atoms with Crippen molar-refractivity contribution in [3.63, 3.8) is 0 Å². The molecule has 0 radical (unpaired) electrons. The number of rotatable bonds is 5. The van der Waals surface area contributed by atoms with E-state index >= 15 is 0 Å². The second-order valence-electron chi connectivity index (χ2n) is 6.56. The van der Waals surface area contributed by atoms with E-state index in [2.05, 4.69) is 38.1 Å². The summed E-state index contributed by atoms with van der Waals surface area (Å²) in [6.45, 7) is 5.90. The summed E-state index contributed by atoms with van der Waals surface area (Å²) in [7, 11) is 0. The van der Waals surface area contributed by atoms with Crippen LogP contribution in [-0.4, -0.2) is 29.9 Å². The summed E-state index contributed by atoms with van der Waals surface area (Å²) in [5, 5.41) is 0. The van der Waals surface area contributed by atoms with Gasteiger partial charge in [0.15, 0.2) is 0 Å². The Bertz CT molecular complexity index is 459. The molecule has 0 spiro atoms. The van der Waals surface area contributed by atoms with Gasteiger partial charge in [-0.1, -0.05) is 38.1 Å². The molecule has 1 unspecified atom stereocenters. The van der Waals surface area contributed by atoms with Gasteiger partial charge in [-0.2, -0.15) is 0 Å². The summed E-state index contributed by atoms with van der Waals surface area (Å²) < 4.78 is 0. The fraction of sp³-hybridized carbons (Fsp3) is 0.611. The van der Waals surface area contributed by atoms with E-state index in [0.29, 0.717) is 18.9 Å². The van der Waals surface area contributed by atoms with Crippen LogP contribution in [0.25, 0.3) is 0 Å². The second-order valence-corrected chi connectivity index (χ2v) is 6.56. The van der Waals surface area contributed by atoms with Crippen molar-refractivity contribution in [1.29, 1.82) is 0 Å². The Morgan fingerprint density at radius 2 is 1.86 bits per heavy atom. The molecule has 1 saturated heterocycles. The summed E-state index contributed by atoms with van der Waals surface area (Å²) in [5.41, 5.74) is 8.25. The number of carbonyl (C=O) groups excluding carboxylic acids is 1. The monoisotopic (exact) mass is 324 g/mol. The van der Waals surface area contributed by atoms with Gasteiger partial charge in [-0.15, -0.1) is 12.4 Å². The molecule has 1 aromatic rings. The van der Waals surface area contributed by atoms with E-state index in [9.17, 15) is 4.79 Å². The molecular formula is C18H29ClN2O. The van der Waals surface area contributed by atoms with Crippen LogP contribution in [0, 0.1) is 5.92 Å². The maximum Gasteiger partial charge on any atom is 0.227 e. The molecule has 124 valence electrons. The predicted octanol–water partition coefficient (Wildman–Crippen LogP) is 3.19. The van der Waals surface area contributed by atoms with E-state index in [4.69, 9.17) is 5.73 Å². The normalized spacial score (nSPS) is 18.2. The summed E-state index contributed by atoms with van der Waals surface area (Å²) in [6, 6.07) is 8.73. The lowest BCUT2D eigenvalue weighted by Gasteiger charge is -2.35. The van der Waals surface area contributed by atoms with E-state index in [-0.39, 0.29) is 24.4 Å². The summed E-state index contributed by atoms with van der Waals surface area (Å²) in [6.07, 6.45) is 4.94. The molecule has 0 aromatic heterocycles. The topological polar surface area (TPSA) is 46.3 Å². The molecular weight excluding hydrogens is 296 g/mol. The third kappa shape index (κ3) is 5.29. The van der Waals surface area contributed by atoms with Crippen LogP contribution in [0.1, 0.15) is 44.2 Å². The van der Waals surface area contributed by atoms with Crippen molar-refractivity contribution in [3.8, 4) is 0 Å². The van der Waals surface area contributed by atoms with E-state index in [1.165, 1.54) is 12.0 Å². The summed E-state index contributed by atoms with van der Waals surface area (Å²) >= 11 is 0. The Kier molecular flexibility index (Phi) is 7.91. The smallest absolute Gasteiger partial charge is 0.227 e. The zero-order valence-corrected chi connectivity index (χ0v) is 14.6. The van der Waals surface area contributed by atoms with Crippen LogP contribution >= 0.6 is 12.4 Å². The fourth-order valence-electron chi connectivity index (χ4n) is 3.11. The largest absolute Gasteiger partial charge is 0.338 e. The van der Waals surface area contributed by atoms with Crippen LogP contribution in [0.3, 0.4) is 0 Å². The van der Waals surface area contributed by atoms with Crippen molar-refractivity contribution >= 4 is 18.3 Å². The highest BCUT2D eigenvalue weighted by molar-refractivity contribution is 5.85. The first-order valence-corrected chi connectivity index (χ1v) is 8.17. The summed E-state index contributed by atoms with van der Waals surface area (Å²) in [5.74, 6) is 0.887. The minimum absolute atomic E-state index is 0. The van der Waals surface area contributed by atoms with Gasteiger partial charge in [0, 0.05) is 19.1 Å². The third-order valence-corrected chi connectivity index (χ3v) is 4.24. The molecule has 1 fully saturated rings. The van der Waals surface area contributed by atoms with E-state index < -0.39 is 0 Å². The van der Waals surface area contributed by atoms with Gasteiger partial charge in [-0.3, -0.25) is 4.79 Å². The molecule has 3 nitrogen and oxygen atoms in total. The maximum atomic E-state index is 12.5. The molecule has 2 N–H and O–H groups in total. The number of halogens is 1. The molecule has 1 aromatic carbocycles. The Morgan fingerprint density at radius 3 is 2.45 bits per heavy atom. The SMILES string of the molecule is CC(C)Cc1ccc(CC(=O)N2CCCCC2CN)cc1.Cl. The average molecular weight is 325 g/mol. The van der Waals surface area contributed by atoms with Crippen LogP contribution in [0.4, 0.5) is 0 Å². The molecule has 1 aliphatic heterocycles. The average Bonchev–Trinajstić information content (AvgIpc) is 2.48. The van der Waals surface area contributed by atoms with Crippen molar-refractivity contribution in [2.75, 3.05) is 13.1 Å². The Labute approximate surface area is 140 Å². The Balaban J connectivity index is 0.00000242. The number of benzene rings is 1. The minimum atomic E-state index is 0. The van der Waals surface area contributed by atoms with Gasteiger partial charge < -0.3 is 10.6 Å². The fourth-order valence-corrected chi connectivity index (χ4v) is 3.11. The molecule has 22 heavy (non-hydrogen) atoms. The van der Waals surface area contributed by atoms with Gasteiger partial charge in [-0.25, -0.2) is 0 Å². The van der Waals surface area contributed by atoms with Crippen LogP contribution in [0.15, 0.2) is 24.3 Å². The molecule has 2 rings (SSSR count). The van der Waals surface area contributed by atoms with E-state index in [1.807, 2.05) is 4.90 Å².